The molecule has 0 radical (unpaired) electrons. The Hall–Kier alpha value is -2.93. The van der Waals surface area contributed by atoms with Gasteiger partial charge in [0.1, 0.15) is 5.75 Å². The van der Waals surface area contributed by atoms with Gasteiger partial charge in [0, 0.05) is 12.1 Å². The lowest BCUT2D eigenvalue weighted by atomic mass is 10.1. The molecule has 3 rings (SSSR count). The first-order valence-electron chi connectivity index (χ1n) is 8.41. The molecule has 140 valence electrons. The number of fused-ring (bicyclic) bond motifs is 1. The highest BCUT2D eigenvalue weighted by Gasteiger charge is 2.12. The second-order valence-electron chi connectivity index (χ2n) is 5.98. The van der Waals surface area contributed by atoms with E-state index in [1.807, 2.05) is 41.8 Å². The minimum atomic E-state index is -0.316. The van der Waals surface area contributed by atoms with E-state index in [9.17, 15) is 9.59 Å². The van der Waals surface area contributed by atoms with Gasteiger partial charge in [0.2, 0.25) is 0 Å². The molecular formula is C20H20N2O4S. The van der Waals surface area contributed by atoms with Gasteiger partial charge < -0.3 is 14.0 Å². The molecule has 6 nitrogen and oxygen atoms in total. The monoisotopic (exact) mass is 384 g/mol. The van der Waals surface area contributed by atoms with Crippen molar-refractivity contribution in [2.24, 2.45) is 4.99 Å². The molecule has 1 aromatic heterocycles. The van der Waals surface area contributed by atoms with Crippen LogP contribution in [-0.4, -0.2) is 30.7 Å². The standard InChI is InChI=1S/C20H20N2O4S/c1-13-5-4-6-14(11-13)19(24)21-20-22(10-9-18(23)26-3)16-8-7-15(25-2)12-17(16)27-20/h4-8,11-12H,9-10H2,1-3H3. The number of hydrogen-bond acceptors (Lipinski definition) is 5. The zero-order chi connectivity index (χ0) is 19.4. The number of esters is 1. The highest BCUT2D eigenvalue weighted by Crippen LogP contribution is 2.23. The molecule has 0 saturated heterocycles. The van der Waals surface area contributed by atoms with Crippen LogP contribution in [0.1, 0.15) is 22.3 Å². The first-order chi connectivity index (χ1) is 13.0. The number of aryl methyl sites for hydroxylation is 2. The third-order valence-corrected chi connectivity index (χ3v) is 5.16. The number of rotatable bonds is 5. The summed E-state index contributed by atoms with van der Waals surface area (Å²) >= 11 is 1.38. The van der Waals surface area contributed by atoms with Crippen molar-refractivity contribution in [2.45, 2.75) is 19.9 Å². The zero-order valence-electron chi connectivity index (χ0n) is 15.4. The Kier molecular flexibility index (Phi) is 5.71. The molecule has 1 heterocycles. The predicted octanol–water partition coefficient (Wildman–Crippen LogP) is 3.32. The number of carbonyl (C=O) groups excluding carboxylic acids is 2. The summed E-state index contributed by atoms with van der Waals surface area (Å²) in [7, 11) is 2.96. The molecular weight excluding hydrogens is 364 g/mol. The quantitative estimate of drug-likeness (QED) is 0.633. The fraction of sp³-hybridized carbons (Fsp3) is 0.250. The van der Waals surface area contributed by atoms with Crippen LogP contribution in [0, 0.1) is 6.92 Å². The molecule has 0 unspecified atom stereocenters. The maximum Gasteiger partial charge on any atom is 0.307 e. The van der Waals surface area contributed by atoms with Gasteiger partial charge in [0.15, 0.2) is 4.80 Å². The zero-order valence-corrected chi connectivity index (χ0v) is 16.2. The third-order valence-electron chi connectivity index (χ3n) is 4.12. The van der Waals surface area contributed by atoms with Gasteiger partial charge in [-0.05, 0) is 37.3 Å². The molecule has 0 spiro atoms. The lowest BCUT2D eigenvalue weighted by molar-refractivity contribution is -0.140. The van der Waals surface area contributed by atoms with Gasteiger partial charge in [-0.2, -0.15) is 4.99 Å². The van der Waals surface area contributed by atoms with Crippen molar-refractivity contribution in [3.05, 3.63) is 58.4 Å². The Morgan fingerprint density at radius 2 is 1.96 bits per heavy atom. The Labute approximate surface area is 160 Å². The number of amides is 1. The molecule has 0 aliphatic carbocycles. The van der Waals surface area contributed by atoms with Gasteiger partial charge in [0.25, 0.3) is 5.91 Å². The summed E-state index contributed by atoms with van der Waals surface area (Å²) in [4.78, 5) is 29.1. The Bertz CT molecular complexity index is 1070. The van der Waals surface area contributed by atoms with Crippen LogP contribution in [0.4, 0.5) is 0 Å². The first kappa shape index (κ1) is 18.8. The molecule has 0 N–H and O–H groups in total. The van der Waals surface area contributed by atoms with Gasteiger partial charge in [-0.15, -0.1) is 0 Å². The number of hydrogen-bond donors (Lipinski definition) is 0. The fourth-order valence-corrected chi connectivity index (χ4v) is 3.80. The molecule has 3 aromatic rings. The molecule has 0 bridgehead atoms. The van der Waals surface area contributed by atoms with Crippen LogP contribution in [0.25, 0.3) is 10.2 Å². The maximum absolute atomic E-state index is 12.6. The Balaban J connectivity index is 2.08. The largest absolute Gasteiger partial charge is 0.497 e. The maximum atomic E-state index is 12.6. The highest BCUT2D eigenvalue weighted by molar-refractivity contribution is 7.16. The number of nitrogens with zero attached hydrogens (tertiary/aromatic N) is 2. The summed E-state index contributed by atoms with van der Waals surface area (Å²) in [6.07, 6.45) is 0.195. The van der Waals surface area contributed by atoms with Gasteiger partial charge in [-0.1, -0.05) is 29.0 Å². The van der Waals surface area contributed by atoms with Crippen molar-refractivity contribution < 1.29 is 19.1 Å². The number of aromatic nitrogens is 1. The molecule has 0 atom stereocenters. The Morgan fingerprint density at radius 3 is 2.67 bits per heavy atom. The first-order valence-corrected chi connectivity index (χ1v) is 9.23. The number of thiazole rings is 1. The number of carbonyl (C=O) groups is 2. The average molecular weight is 384 g/mol. The van der Waals surface area contributed by atoms with Crippen LogP contribution >= 0.6 is 11.3 Å². The summed E-state index contributed by atoms with van der Waals surface area (Å²) in [5.74, 6) is 0.0933. The van der Waals surface area contributed by atoms with E-state index in [2.05, 4.69) is 4.99 Å². The minimum Gasteiger partial charge on any atom is -0.497 e. The highest BCUT2D eigenvalue weighted by atomic mass is 32.1. The van der Waals surface area contributed by atoms with E-state index in [4.69, 9.17) is 9.47 Å². The van der Waals surface area contributed by atoms with Crippen LogP contribution in [0.5, 0.6) is 5.75 Å². The second-order valence-corrected chi connectivity index (χ2v) is 6.99. The van der Waals surface area contributed by atoms with Crippen molar-refractivity contribution in [1.29, 1.82) is 0 Å². The summed E-state index contributed by atoms with van der Waals surface area (Å²) in [5.41, 5.74) is 2.42. The molecule has 0 aliphatic rings. The van der Waals surface area contributed by atoms with Crippen molar-refractivity contribution in [1.82, 2.24) is 4.57 Å². The van der Waals surface area contributed by atoms with Crippen molar-refractivity contribution in [2.75, 3.05) is 14.2 Å². The van der Waals surface area contributed by atoms with Gasteiger partial charge >= 0.3 is 5.97 Å². The van der Waals surface area contributed by atoms with Crippen LogP contribution in [-0.2, 0) is 16.1 Å². The SMILES string of the molecule is COC(=O)CCn1c(=NC(=O)c2cccc(C)c2)sc2cc(OC)ccc21. The fourth-order valence-electron chi connectivity index (χ4n) is 2.72. The summed E-state index contributed by atoms with van der Waals surface area (Å²) in [6, 6.07) is 13.0. The molecule has 7 heteroatoms. The van der Waals surface area contributed by atoms with E-state index in [0.29, 0.717) is 16.9 Å². The number of ether oxygens (including phenoxy) is 2. The smallest absolute Gasteiger partial charge is 0.307 e. The average Bonchev–Trinajstić information content (AvgIpc) is 3.01. The van der Waals surface area contributed by atoms with E-state index < -0.39 is 0 Å². The van der Waals surface area contributed by atoms with E-state index in [1.54, 1.807) is 19.2 Å². The van der Waals surface area contributed by atoms with Crippen LogP contribution in [0.15, 0.2) is 47.5 Å². The van der Waals surface area contributed by atoms with E-state index >= 15 is 0 Å². The molecule has 1 amide bonds. The van der Waals surface area contributed by atoms with Crippen LogP contribution < -0.4 is 9.54 Å². The summed E-state index contributed by atoms with van der Waals surface area (Å²) in [5, 5.41) is 0. The van der Waals surface area contributed by atoms with Crippen LogP contribution in [0.2, 0.25) is 0 Å². The van der Waals surface area contributed by atoms with Crippen molar-refractivity contribution >= 4 is 33.4 Å². The number of methoxy groups -OCH3 is 2. The van der Waals surface area contributed by atoms with E-state index in [-0.39, 0.29) is 18.3 Å². The summed E-state index contributed by atoms with van der Waals surface area (Å²) in [6.45, 7) is 2.30. The molecule has 2 aromatic carbocycles. The Morgan fingerprint density at radius 1 is 1.15 bits per heavy atom. The lowest BCUT2D eigenvalue weighted by Gasteiger charge is -2.05. The predicted molar refractivity (Wildman–Crippen MR) is 104 cm³/mol. The third kappa shape index (κ3) is 4.25. The molecule has 0 fully saturated rings. The van der Waals surface area contributed by atoms with Gasteiger partial charge in [0.05, 0.1) is 30.9 Å². The van der Waals surface area contributed by atoms with E-state index in [1.165, 1.54) is 18.4 Å². The van der Waals surface area contributed by atoms with Crippen LogP contribution in [0.3, 0.4) is 0 Å². The topological polar surface area (TPSA) is 69.9 Å². The minimum absolute atomic E-state index is 0.195. The molecule has 0 aliphatic heterocycles. The van der Waals surface area contributed by atoms with Gasteiger partial charge in [-0.25, -0.2) is 0 Å². The van der Waals surface area contributed by atoms with E-state index in [0.717, 1.165) is 21.5 Å². The van der Waals surface area contributed by atoms with Crippen molar-refractivity contribution in [3.63, 3.8) is 0 Å². The number of benzene rings is 2. The second kappa shape index (κ2) is 8.18. The molecule has 27 heavy (non-hydrogen) atoms. The normalized spacial score (nSPS) is 11.6. The molecule has 0 saturated carbocycles. The summed E-state index contributed by atoms with van der Waals surface area (Å²) < 4.78 is 12.8. The van der Waals surface area contributed by atoms with Gasteiger partial charge in [-0.3, -0.25) is 9.59 Å². The van der Waals surface area contributed by atoms with Crippen molar-refractivity contribution in [3.8, 4) is 5.75 Å². The lowest BCUT2D eigenvalue weighted by Crippen LogP contribution is -2.19.